The Morgan fingerprint density at radius 3 is 2.72 bits per heavy atom. The highest BCUT2D eigenvalue weighted by atomic mass is 79.9. The zero-order chi connectivity index (χ0) is 13.7. The molecule has 1 aromatic rings. The average molecular weight is 318 g/mol. The Morgan fingerprint density at radius 1 is 1.44 bits per heavy atom. The van der Waals surface area contributed by atoms with Crippen LogP contribution in [-0.4, -0.2) is 29.0 Å². The molecule has 6 heteroatoms. The number of ether oxygens (including phenoxy) is 1. The average Bonchev–Trinajstić information content (AvgIpc) is 2.29. The number of aryl methyl sites for hydroxylation is 1. The van der Waals surface area contributed by atoms with Crippen LogP contribution in [0.15, 0.2) is 15.5 Å². The molecule has 102 valence electrons. The predicted molar refractivity (Wildman–Crippen MR) is 75.9 cm³/mol. The maximum absolute atomic E-state index is 11.7. The molecule has 1 rings (SSSR count). The lowest BCUT2D eigenvalue weighted by molar-refractivity contribution is 0.105. The number of rotatable bonds is 6. The summed E-state index contributed by atoms with van der Waals surface area (Å²) in [6.07, 6.45) is 1.63. The first kappa shape index (κ1) is 15.2. The first-order valence-electron chi connectivity index (χ1n) is 5.98. The second kappa shape index (κ2) is 6.89. The first-order valence-corrected chi connectivity index (χ1v) is 6.77. The topological polar surface area (TPSA) is 56.1 Å². The second-order valence-corrected chi connectivity index (χ2v) is 5.57. The molecule has 18 heavy (non-hydrogen) atoms. The molecule has 0 saturated heterocycles. The lowest BCUT2D eigenvalue weighted by atomic mass is 10.2. The Morgan fingerprint density at radius 2 is 2.11 bits per heavy atom. The van der Waals surface area contributed by atoms with Gasteiger partial charge in [-0.15, -0.1) is 0 Å². The quantitative estimate of drug-likeness (QED) is 0.872. The Bertz CT molecular complexity index is 445. The molecule has 0 spiro atoms. The van der Waals surface area contributed by atoms with E-state index in [1.54, 1.807) is 13.2 Å². The summed E-state index contributed by atoms with van der Waals surface area (Å²) in [4.78, 5) is 11.7. The van der Waals surface area contributed by atoms with Gasteiger partial charge < -0.3 is 10.1 Å². The van der Waals surface area contributed by atoms with E-state index in [1.165, 1.54) is 4.68 Å². The van der Waals surface area contributed by atoms with Gasteiger partial charge in [-0.2, -0.15) is 5.10 Å². The number of nitrogens with zero attached hydrogens (tertiary/aromatic N) is 2. The van der Waals surface area contributed by atoms with E-state index in [1.807, 2.05) is 6.92 Å². The number of halogens is 1. The number of hydrogen-bond donors (Lipinski definition) is 1. The highest BCUT2D eigenvalue weighted by Gasteiger charge is 2.09. The molecule has 1 atom stereocenters. The molecule has 5 nitrogen and oxygen atoms in total. The molecule has 0 fully saturated rings. The standard InChI is InChI=1S/C12H20BrN3O2/c1-8(2)6-18-7-9(3)15-10-5-14-16(4)12(17)11(10)13/h5,8-9,15H,6-7H2,1-4H3/t9-/m0/s1. The van der Waals surface area contributed by atoms with Crippen molar-refractivity contribution in [1.82, 2.24) is 9.78 Å². The van der Waals surface area contributed by atoms with Gasteiger partial charge in [0.25, 0.3) is 5.56 Å². The lowest BCUT2D eigenvalue weighted by Gasteiger charge is -2.17. The molecule has 0 aromatic carbocycles. The van der Waals surface area contributed by atoms with Crippen LogP contribution >= 0.6 is 15.9 Å². The van der Waals surface area contributed by atoms with Gasteiger partial charge in [0, 0.05) is 19.7 Å². The highest BCUT2D eigenvalue weighted by Crippen LogP contribution is 2.16. The molecule has 0 amide bonds. The van der Waals surface area contributed by atoms with E-state index in [0.717, 1.165) is 6.61 Å². The zero-order valence-electron chi connectivity index (χ0n) is 11.2. The Labute approximate surface area is 116 Å². The maximum Gasteiger partial charge on any atom is 0.282 e. The van der Waals surface area contributed by atoms with Crippen molar-refractivity contribution < 1.29 is 4.74 Å². The Kier molecular flexibility index (Phi) is 5.81. The van der Waals surface area contributed by atoms with Crippen molar-refractivity contribution >= 4 is 21.6 Å². The third-order valence-electron chi connectivity index (χ3n) is 2.30. The van der Waals surface area contributed by atoms with Crippen LogP contribution < -0.4 is 10.9 Å². The van der Waals surface area contributed by atoms with Gasteiger partial charge >= 0.3 is 0 Å². The van der Waals surface area contributed by atoms with E-state index in [9.17, 15) is 4.79 Å². The third kappa shape index (κ3) is 4.42. The largest absolute Gasteiger partial charge is 0.379 e. The fraction of sp³-hybridized carbons (Fsp3) is 0.667. The van der Waals surface area contributed by atoms with Crippen LogP contribution in [0.25, 0.3) is 0 Å². The predicted octanol–water partition coefficient (Wildman–Crippen LogP) is 2.02. The van der Waals surface area contributed by atoms with Crippen molar-refractivity contribution in [2.24, 2.45) is 13.0 Å². The number of nitrogens with one attached hydrogen (secondary N) is 1. The molecular weight excluding hydrogens is 298 g/mol. The number of aromatic nitrogens is 2. The zero-order valence-corrected chi connectivity index (χ0v) is 12.8. The van der Waals surface area contributed by atoms with Gasteiger partial charge in [0.15, 0.2) is 0 Å². The van der Waals surface area contributed by atoms with Crippen LogP contribution in [-0.2, 0) is 11.8 Å². The van der Waals surface area contributed by atoms with Gasteiger partial charge in [-0.3, -0.25) is 4.79 Å². The molecule has 0 unspecified atom stereocenters. The summed E-state index contributed by atoms with van der Waals surface area (Å²) in [7, 11) is 1.62. The molecule has 0 aliphatic heterocycles. The van der Waals surface area contributed by atoms with Crippen LogP contribution in [0.2, 0.25) is 0 Å². The molecule has 0 aliphatic carbocycles. The fourth-order valence-electron chi connectivity index (χ4n) is 1.40. The summed E-state index contributed by atoms with van der Waals surface area (Å²) in [6, 6.07) is 0.119. The SMILES string of the molecule is CC(C)COC[C@H](C)Nc1cnn(C)c(=O)c1Br. The van der Waals surface area contributed by atoms with Crippen molar-refractivity contribution in [3.8, 4) is 0 Å². The molecule has 1 N–H and O–H groups in total. The summed E-state index contributed by atoms with van der Waals surface area (Å²) in [6.45, 7) is 7.56. The highest BCUT2D eigenvalue weighted by molar-refractivity contribution is 9.10. The minimum atomic E-state index is -0.157. The fourth-order valence-corrected chi connectivity index (χ4v) is 1.87. The Balaban J connectivity index is 2.57. The van der Waals surface area contributed by atoms with E-state index in [4.69, 9.17) is 4.74 Å². The molecule has 0 saturated carbocycles. The van der Waals surface area contributed by atoms with Crippen molar-refractivity contribution in [2.45, 2.75) is 26.8 Å². The van der Waals surface area contributed by atoms with Crippen LogP contribution in [0.1, 0.15) is 20.8 Å². The Hall–Kier alpha value is -0.880. The summed E-state index contributed by atoms with van der Waals surface area (Å²) in [5.41, 5.74) is 0.536. The second-order valence-electron chi connectivity index (χ2n) is 4.78. The smallest absolute Gasteiger partial charge is 0.282 e. The van der Waals surface area contributed by atoms with Crippen molar-refractivity contribution in [2.75, 3.05) is 18.5 Å². The van der Waals surface area contributed by atoms with Crippen LogP contribution in [0.3, 0.4) is 0 Å². The summed E-state index contributed by atoms with van der Waals surface area (Å²) < 4.78 is 7.32. The maximum atomic E-state index is 11.7. The molecule has 0 radical (unpaired) electrons. The van der Waals surface area contributed by atoms with E-state index >= 15 is 0 Å². The van der Waals surface area contributed by atoms with Gasteiger partial charge in [-0.25, -0.2) is 4.68 Å². The van der Waals surface area contributed by atoms with Crippen molar-refractivity contribution in [1.29, 1.82) is 0 Å². The molecule has 1 aromatic heterocycles. The van der Waals surface area contributed by atoms with Crippen molar-refractivity contribution in [3.63, 3.8) is 0 Å². The first-order chi connectivity index (χ1) is 8.41. The van der Waals surface area contributed by atoms with Crippen LogP contribution in [0.5, 0.6) is 0 Å². The minimum absolute atomic E-state index is 0.119. The van der Waals surface area contributed by atoms with E-state index in [-0.39, 0.29) is 11.6 Å². The van der Waals surface area contributed by atoms with Crippen LogP contribution in [0, 0.1) is 5.92 Å². The van der Waals surface area contributed by atoms with Crippen molar-refractivity contribution in [3.05, 3.63) is 21.0 Å². The van der Waals surface area contributed by atoms with Gasteiger partial charge in [0.05, 0.1) is 18.5 Å². The van der Waals surface area contributed by atoms with Gasteiger partial charge in [-0.1, -0.05) is 13.8 Å². The molecular formula is C12H20BrN3O2. The normalized spacial score (nSPS) is 12.8. The molecule has 0 aliphatic rings. The number of hydrogen-bond acceptors (Lipinski definition) is 4. The minimum Gasteiger partial charge on any atom is -0.379 e. The van der Waals surface area contributed by atoms with Gasteiger partial charge in [0.1, 0.15) is 4.47 Å². The van der Waals surface area contributed by atoms with E-state index in [0.29, 0.717) is 22.7 Å². The monoisotopic (exact) mass is 317 g/mol. The summed E-state index contributed by atoms with van der Waals surface area (Å²) >= 11 is 3.27. The van der Waals surface area contributed by atoms with Crippen LogP contribution in [0.4, 0.5) is 5.69 Å². The lowest BCUT2D eigenvalue weighted by Crippen LogP contribution is -2.26. The van der Waals surface area contributed by atoms with E-state index in [2.05, 4.69) is 40.2 Å². The summed E-state index contributed by atoms with van der Waals surface area (Å²) in [5, 5.41) is 7.18. The van der Waals surface area contributed by atoms with Gasteiger partial charge in [-0.05, 0) is 28.8 Å². The summed E-state index contributed by atoms with van der Waals surface area (Å²) in [5.74, 6) is 0.523. The van der Waals surface area contributed by atoms with E-state index < -0.39 is 0 Å². The van der Waals surface area contributed by atoms with Gasteiger partial charge in [0.2, 0.25) is 0 Å². The molecule has 0 bridgehead atoms. The number of anilines is 1. The third-order valence-corrected chi connectivity index (χ3v) is 3.07. The molecule has 1 heterocycles.